The van der Waals surface area contributed by atoms with Gasteiger partial charge in [0.1, 0.15) is 30.7 Å². The molecule has 4 rings (SSSR count). The van der Waals surface area contributed by atoms with Crippen LogP contribution >= 0.6 is 0 Å². The topological polar surface area (TPSA) is 147 Å². The van der Waals surface area contributed by atoms with Crippen molar-refractivity contribution in [2.45, 2.75) is 58.5 Å². The fraction of sp³-hybridized carbons (Fsp3) is 0.417. The van der Waals surface area contributed by atoms with E-state index in [0.29, 0.717) is 5.92 Å². The van der Waals surface area contributed by atoms with E-state index >= 15 is 0 Å². The molecule has 0 saturated carbocycles. The molecule has 3 heterocycles. The third-order valence-electron chi connectivity index (χ3n) is 5.82. The number of hydrogen-bond donors (Lipinski definition) is 1. The van der Waals surface area contributed by atoms with Crippen molar-refractivity contribution in [3.63, 3.8) is 0 Å². The SMILES string of the molecule is CC(=O)OC[C@H]1O[C@@H](n2cc(-c3cn(-c4ccc(C(C)C)cc4)nn3)c(=O)[nH]c2=O)C[C@@H]1OC(C)=O. The fourth-order valence-electron chi connectivity index (χ4n) is 3.96. The van der Waals surface area contributed by atoms with Crippen molar-refractivity contribution in [2.24, 2.45) is 0 Å². The highest BCUT2D eigenvalue weighted by Gasteiger charge is 2.40. The molecule has 190 valence electrons. The molecular weight excluding hydrogens is 470 g/mol. The summed E-state index contributed by atoms with van der Waals surface area (Å²) in [6.07, 6.45) is 0.636. The molecule has 1 aromatic carbocycles. The zero-order valence-electron chi connectivity index (χ0n) is 20.3. The van der Waals surface area contributed by atoms with Crippen LogP contribution in [-0.4, -0.2) is 55.3 Å². The first-order valence-electron chi connectivity index (χ1n) is 11.5. The van der Waals surface area contributed by atoms with Crippen molar-refractivity contribution in [3.8, 4) is 16.9 Å². The van der Waals surface area contributed by atoms with Gasteiger partial charge < -0.3 is 14.2 Å². The second-order valence-electron chi connectivity index (χ2n) is 8.82. The minimum Gasteiger partial charge on any atom is -0.463 e. The molecule has 1 aliphatic rings. The smallest absolute Gasteiger partial charge is 0.330 e. The summed E-state index contributed by atoms with van der Waals surface area (Å²) in [5.74, 6) is -0.671. The number of H-pyrrole nitrogens is 1. The zero-order valence-corrected chi connectivity index (χ0v) is 20.3. The summed E-state index contributed by atoms with van der Waals surface area (Å²) in [6.45, 7) is 6.55. The quantitative estimate of drug-likeness (QED) is 0.482. The van der Waals surface area contributed by atoms with Gasteiger partial charge in [0.2, 0.25) is 0 Å². The van der Waals surface area contributed by atoms with E-state index in [4.69, 9.17) is 14.2 Å². The Bertz CT molecular complexity index is 1370. The Morgan fingerprint density at radius 1 is 1.14 bits per heavy atom. The second-order valence-corrected chi connectivity index (χ2v) is 8.82. The molecule has 1 fully saturated rings. The molecule has 36 heavy (non-hydrogen) atoms. The van der Waals surface area contributed by atoms with Crippen molar-refractivity contribution in [1.29, 1.82) is 0 Å². The Labute approximate surface area is 205 Å². The number of carbonyl (C=O) groups excluding carboxylic acids is 2. The highest BCUT2D eigenvalue weighted by atomic mass is 16.6. The van der Waals surface area contributed by atoms with Gasteiger partial charge in [-0.05, 0) is 23.6 Å². The van der Waals surface area contributed by atoms with Gasteiger partial charge in [-0.25, -0.2) is 9.48 Å². The van der Waals surface area contributed by atoms with Gasteiger partial charge in [0, 0.05) is 26.5 Å². The first kappa shape index (κ1) is 25.0. The number of ether oxygens (including phenoxy) is 3. The van der Waals surface area contributed by atoms with Gasteiger partial charge in [-0.3, -0.25) is 23.9 Å². The lowest BCUT2D eigenvalue weighted by Gasteiger charge is -2.17. The van der Waals surface area contributed by atoms with E-state index in [1.165, 1.54) is 34.9 Å². The summed E-state index contributed by atoms with van der Waals surface area (Å²) in [6, 6.07) is 7.81. The number of aromatic amines is 1. The Kier molecular flexibility index (Phi) is 7.15. The van der Waals surface area contributed by atoms with E-state index in [2.05, 4.69) is 29.1 Å². The Morgan fingerprint density at radius 3 is 2.50 bits per heavy atom. The monoisotopic (exact) mass is 497 g/mol. The maximum absolute atomic E-state index is 12.6. The number of nitrogens with zero attached hydrogens (tertiary/aromatic N) is 4. The van der Waals surface area contributed by atoms with Crippen LogP contribution in [0.15, 0.2) is 46.2 Å². The molecule has 1 N–H and O–H groups in total. The summed E-state index contributed by atoms with van der Waals surface area (Å²) in [5, 5.41) is 8.22. The predicted molar refractivity (Wildman–Crippen MR) is 126 cm³/mol. The van der Waals surface area contributed by atoms with Crippen LogP contribution < -0.4 is 11.2 Å². The van der Waals surface area contributed by atoms with Crippen molar-refractivity contribution in [1.82, 2.24) is 24.5 Å². The summed E-state index contributed by atoms with van der Waals surface area (Å²) in [4.78, 5) is 50.3. The molecule has 12 heteroatoms. The molecule has 0 amide bonds. The van der Waals surface area contributed by atoms with Crippen LogP contribution in [0.25, 0.3) is 16.9 Å². The molecule has 0 spiro atoms. The number of hydrogen-bond acceptors (Lipinski definition) is 9. The number of esters is 2. The third-order valence-corrected chi connectivity index (χ3v) is 5.82. The van der Waals surface area contributed by atoms with E-state index in [1.807, 2.05) is 24.3 Å². The van der Waals surface area contributed by atoms with Crippen molar-refractivity contribution in [3.05, 3.63) is 63.1 Å². The Hall–Kier alpha value is -4.06. The van der Waals surface area contributed by atoms with E-state index in [9.17, 15) is 19.2 Å². The van der Waals surface area contributed by atoms with Gasteiger partial charge in [-0.15, -0.1) is 5.10 Å². The van der Waals surface area contributed by atoms with Gasteiger partial charge in [0.05, 0.1) is 17.4 Å². The summed E-state index contributed by atoms with van der Waals surface area (Å²) in [5.41, 5.74) is 0.960. The van der Waals surface area contributed by atoms with Crippen LogP contribution in [0.1, 0.15) is 51.8 Å². The molecule has 1 saturated heterocycles. The minimum absolute atomic E-state index is 0.107. The van der Waals surface area contributed by atoms with Crippen molar-refractivity contribution in [2.75, 3.05) is 6.61 Å². The largest absolute Gasteiger partial charge is 0.463 e. The van der Waals surface area contributed by atoms with Gasteiger partial charge in [0.25, 0.3) is 5.56 Å². The highest BCUT2D eigenvalue weighted by Crippen LogP contribution is 2.31. The van der Waals surface area contributed by atoms with Gasteiger partial charge in [-0.2, -0.15) is 0 Å². The molecule has 0 bridgehead atoms. The van der Waals surface area contributed by atoms with E-state index < -0.39 is 41.6 Å². The van der Waals surface area contributed by atoms with Crippen LogP contribution in [-0.2, 0) is 23.8 Å². The molecular formula is C24H27N5O7. The van der Waals surface area contributed by atoms with E-state index in [1.54, 1.807) is 6.20 Å². The van der Waals surface area contributed by atoms with Crippen molar-refractivity contribution >= 4 is 11.9 Å². The summed E-state index contributed by atoms with van der Waals surface area (Å²) in [7, 11) is 0. The molecule has 2 aromatic heterocycles. The van der Waals surface area contributed by atoms with E-state index in [0.717, 1.165) is 5.69 Å². The number of carbonyl (C=O) groups is 2. The maximum Gasteiger partial charge on any atom is 0.330 e. The predicted octanol–water partition coefficient (Wildman–Crippen LogP) is 1.69. The molecule has 0 unspecified atom stereocenters. The van der Waals surface area contributed by atoms with Gasteiger partial charge in [0.15, 0.2) is 0 Å². The number of benzene rings is 1. The molecule has 12 nitrogen and oxygen atoms in total. The zero-order chi connectivity index (χ0) is 26.0. The lowest BCUT2D eigenvalue weighted by molar-refractivity contribution is -0.155. The Balaban J connectivity index is 1.62. The Morgan fingerprint density at radius 2 is 1.86 bits per heavy atom. The minimum atomic E-state index is -0.878. The fourth-order valence-corrected chi connectivity index (χ4v) is 3.96. The van der Waals surface area contributed by atoms with Gasteiger partial charge >= 0.3 is 17.6 Å². The van der Waals surface area contributed by atoms with E-state index in [-0.39, 0.29) is 24.3 Å². The number of nitrogens with one attached hydrogen (secondary N) is 1. The molecule has 3 atom stereocenters. The summed E-state index contributed by atoms with van der Waals surface area (Å²) >= 11 is 0. The molecule has 0 aliphatic carbocycles. The first-order valence-corrected chi connectivity index (χ1v) is 11.5. The molecule has 0 radical (unpaired) electrons. The van der Waals surface area contributed by atoms with Crippen LogP contribution in [0, 0.1) is 0 Å². The van der Waals surface area contributed by atoms with Crippen LogP contribution in [0.4, 0.5) is 0 Å². The van der Waals surface area contributed by atoms with Crippen molar-refractivity contribution < 1.29 is 23.8 Å². The first-order chi connectivity index (χ1) is 17.1. The number of aromatic nitrogens is 5. The normalized spacial score (nSPS) is 19.4. The van der Waals surface area contributed by atoms with Crippen LogP contribution in [0.3, 0.4) is 0 Å². The van der Waals surface area contributed by atoms with Crippen LogP contribution in [0.2, 0.25) is 0 Å². The average Bonchev–Trinajstić information content (AvgIpc) is 3.45. The van der Waals surface area contributed by atoms with Crippen LogP contribution in [0.5, 0.6) is 0 Å². The standard InChI is InChI=1S/C24H27N5O7/c1-13(2)16-5-7-17(8-6-16)29-11-19(26-27-29)18-10-28(24(33)25-23(18)32)22-9-20(35-15(4)31)21(36-22)12-34-14(3)30/h5-8,10-11,13,20-22H,9,12H2,1-4H3,(H,25,32,33)/t20-,21+,22+/m0/s1. The molecule has 3 aromatic rings. The average molecular weight is 498 g/mol. The van der Waals surface area contributed by atoms with Gasteiger partial charge in [-0.1, -0.05) is 31.2 Å². The second kappa shape index (κ2) is 10.3. The lowest BCUT2D eigenvalue weighted by atomic mass is 10.0. The summed E-state index contributed by atoms with van der Waals surface area (Å²) < 4.78 is 18.9. The molecule has 1 aliphatic heterocycles. The third kappa shape index (κ3) is 5.43. The lowest BCUT2D eigenvalue weighted by Crippen LogP contribution is -2.33. The number of rotatable bonds is 7. The maximum atomic E-state index is 12.6. The highest BCUT2D eigenvalue weighted by molar-refractivity contribution is 5.66.